The quantitative estimate of drug-likeness (QED) is 0.0576. The number of thiophene rings is 6. The number of ether oxygens (including phenoxy) is 1. The number of hydrogen-bond acceptors (Lipinski definition) is 9. The molecular weight excluding hydrogens is 1030 g/mol. The van der Waals surface area contributed by atoms with Crippen LogP contribution in [0.25, 0.3) is 38.3 Å². The highest BCUT2D eigenvalue weighted by Gasteiger charge is 2.37. The van der Waals surface area contributed by atoms with Gasteiger partial charge in [0.05, 0.1) is 22.4 Å². The Bertz CT molecular complexity index is 2780. The molecule has 0 atom stereocenters. The van der Waals surface area contributed by atoms with Gasteiger partial charge in [0.15, 0.2) is 0 Å². The Morgan fingerprint density at radius 3 is 1.38 bits per heavy atom. The zero-order chi connectivity index (χ0) is 48.4. The van der Waals surface area contributed by atoms with E-state index in [0.29, 0.717) is 5.56 Å². The third-order valence-electron chi connectivity index (χ3n) is 12.5. The molecule has 9 rings (SSSR count). The second kappa shape index (κ2) is 27.2. The standard InChI is InChI=1S/C35H40OS3.C12H17Br.C12H8O2S3/c1-3-5-7-9-11-26-13-17-28(18-14-26)35(36,29-19-15-27(16-20-29)12-10-8-6-4-2)30-21-23-38-34(30)33-25-32-31(39-33)22-24-37-32;1-2-3-4-5-6-11-7-9-12(13)10-8-11;1-14-12(13)7-2-4-16-11(7)10-6-9-8(17-10)3-5-15-9/h13-25,36H,3-12H2,1-2H3;7-10H,2-6H2,1H3;2-6H,1H3. The molecule has 69 heavy (non-hydrogen) atoms. The van der Waals surface area contributed by atoms with Gasteiger partial charge in [0.25, 0.3) is 0 Å². The zero-order valence-corrected chi connectivity index (χ0v) is 46.9. The Labute approximate surface area is 443 Å². The minimum absolute atomic E-state index is 0.266. The molecule has 0 bridgehead atoms. The number of unbranched alkanes of at least 4 members (excludes halogenated alkanes) is 9. The number of methoxy groups -OCH3 is 1. The Kier molecular flexibility index (Phi) is 20.9. The molecule has 0 radical (unpaired) electrons. The first-order valence-electron chi connectivity index (χ1n) is 24.6. The maximum Gasteiger partial charge on any atom is 0.339 e. The molecular formula is C59H65BrO3S6. The Morgan fingerprint density at radius 1 is 0.507 bits per heavy atom. The molecule has 6 heterocycles. The largest absolute Gasteiger partial charge is 0.465 e. The van der Waals surface area contributed by atoms with Gasteiger partial charge in [0, 0.05) is 38.6 Å². The lowest BCUT2D eigenvalue weighted by atomic mass is 9.79. The van der Waals surface area contributed by atoms with Gasteiger partial charge in [0.2, 0.25) is 0 Å². The van der Waals surface area contributed by atoms with Crippen molar-refractivity contribution >= 4 is 109 Å². The molecule has 362 valence electrons. The number of benzene rings is 3. The summed E-state index contributed by atoms with van der Waals surface area (Å²) in [6.07, 6.45) is 18.9. The lowest BCUT2D eigenvalue weighted by Crippen LogP contribution is -2.29. The van der Waals surface area contributed by atoms with Crippen LogP contribution in [0.2, 0.25) is 0 Å². The highest BCUT2D eigenvalue weighted by molar-refractivity contribution is 9.10. The minimum atomic E-state index is -1.21. The van der Waals surface area contributed by atoms with E-state index in [9.17, 15) is 9.90 Å². The van der Waals surface area contributed by atoms with Crippen molar-refractivity contribution in [1.29, 1.82) is 0 Å². The lowest BCUT2D eigenvalue weighted by Gasteiger charge is -2.30. The summed E-state index contributed by atoms with van der Waals surface area (Å²) in [5, 5.41) is 21.1. The van der Waals surface area contributed by atoms with Crippen LogP contribution in [0.4, 0.5) is 0 Å². The molecule has 0 saturated carbocycles. The number of carbonyl (C=O) groups excluding carboxylic acids is 1. The fourth-order valence-corrected chi connectivity index (χ4v) is 15.1. The maximum atomic E-state index is 12.8. The van der Waals surface area contributed by atoms with E-state index in [4.69, 9.17) is 4.74 Å². The second-order valence-electron chi connectivity index (χ2n) is 17.5. The van der Waals surface area contributed by atoms with E-state index in [2.05, 4.69) is 156 Å². The number of halogens is 1. The Hall–Kier alpha value is -3.71. The topological polar surface area (TPSA) is 46.5 Å². The molecule has 1 N–H and O–H groups in total. The minimum Gasteiger partial charge on any atom is -0.465 e. The van der Waals surface area contributed by atoms with Gasteiger partial charge in [-0.15, -0.1) is 68.0 Å². The molecule has 0 saturated heterocycles. The molecule has 0 aliphatic carbocycles. The van der Waals surface area contributed by atoms with E-state index >= 15 is 0 Å². The highest BCUT2D eigenvalue weighted by atomic mass is 79.9. The van der Waals surface area contributed by atoms with Crippen LogP contribution >= 0.6 is 84.0 Å². The van der Waals surface area contributed by atoms with Crippen LogP contribution in [0.15, 0.2) is 135 Å². The summed E-state index contributed by atoms with van der Waals surface area (Å²) in [5.41, 5.74) is 6.46. The van der Waals surface area contributed by atoms with Gasteiger partial charge in [-0.2, -0.15) is 0 Å². The molecule has 3 nitrogen and oxygen atoms in total. The summed E-state index contributed by atoms with van der Waals surface area (Å²) in [5.74, 6) is -0.266. The van der Waals surface area contributed by atoms with E-state index in [1.807, 2.05) is 22.8 Å². The van der Waals surface area contributed by atoms with Crippen molar-refractivity contribution in [3.63, 3.8) is 0 Å². The van der Waals surface area contributed by atoms with E-state index in [0.717, 1.165) is 44.2 Å². The van der Waals surface area contributed by atoms with Crippen LogP contribution in [0.1, 0.15) is 142 Å². The molecule has 0 unspecified atom stereocenters. The van der Waals surface area contributed by atoms with Crippen LogP contribution in [0, 0.1) is 0 Å². The summed E-state index contributed by atoms with van der Waals surface area (Å²) >= 11 is 13.8. The normalized spacial score (nSPS) is 11.4. The molecule has 0 aliphatic rings. The first kappa shape index (κ1) is 53.1. The van der Waals surface area contributed by atoms with E-state index in [1.165, 1.54) is 135 Å². The molecule has 0 spiro atoms. The molecule has 3 aromatic carbocycles. The fraction of sp³-hybridized carbons (Fsp3) is 0.339. The van der Waals surface area contributed by atoms with Crippen LogP contribution < -0.4 is 0 Å². The molecule has 9 aromatic rings. The number of carbonyl (C=O) groups is 1. The summed E-state index contributed by atoms with van der Waals surface area (Å²) in [7, 11) is 1.41. The first-order valence-corrected chi connectivity index (χ1v) is 30.5. The SMILES string of the molecule is CCCCCCc1ccc(Br)cc1.CCCCCCc1ccc(C(O)(c2ccc(CCCCCC)cc2)c2ccsc2-c2cc3sccc3s2)cc1.COC(=O)c1ccsc1-c1cc2sccc2s1. The molecule has 6 aromatic heterocycles. The van der Waals surface area contributed by atoms with Gasteiger partial charge in [-0.3, -0.25) is 0 Å². The predicted octanol–water partition coefficient (Wildman–Crippen LogP) is 20.3. The maximum absolute atomic E-state index is 12.8. The van der Waals surface area contributed by atoms with Gasteiger partial charge in [-0.05, 0) is 136 Å². The molecule has 10 heteroatoms. The number of fused-ring (bicyclic) bond motifs is 2. The third-order valence-corrected chi connectivity index (χ3v) is 19.4. The lowest BCUT2D eigenvalue weighted by molar-refractivity contribution is 0.0602. The molecule has 0 fully saturated rings. The summed E-state index contributed by atoms with van der Waals surface area (Å²) in [4.78, 5) is 16.2. The van der Waals surface area contributed by atoms with E-state index in [1.54, 1.807) is 56.7 Å². The van der Waals surface area contributed by atoms with Gasteiger partial charge in [-0.25, -0.2) is 4.79 Å². The monoisotopic (exact) mass is 1090 g/mol. The smallest absolute Gasteiger partial charge is 0.339 e. The van der Waals surface area contributed by atoms with Crippen LogP contribution in [-0.4, -0.2) is 18.2 Å². The summed E-state index contributed by atoms with van der Waals surface area (Å²) in [6, 6.07) is 38.9. The van der Waals surface area contributed by atoms with Crippen molar-refractivity contribution in [2.24, 2.45) is 0 Å². The van der Waals surface area contributed by atoms with Crippen molar-refractivity contribution in [2.45, 2.75) is 123 Å². The van der Waals surface area contributed by atoms with E-state index in [-0.39, 0.29) is 5.97 Å². The van der Waals surface area contributed by atoms with Crippen molar-refractivity contribution in [3.05, 3.63) is 174 Å². The third kappa shape index (κ3) is 14.3. The number of rotatable bonds is 21. The van der Waals surface area contributed by atoms with Gasteiger partial charge >= 0.3 is 5.97 Å². The van der Waals surface area contributed by atoms with Gasteiger partial charge in [0.1, 0.15) is 5.60 Å². The van der Waals surface area contributed by atoms with Crippen LogP contribution in [0.5, 0.6) is 0 Å². The second-order valence-corrected chi connectivity index (χ2v) is 24.3. The van der Waals surface area contributed by atoms with Gasteiger partial charge in [-0.1, -0.05) is 155 Å². The average molecular weight is 1090 g/mol. The predicted molar refractivity (Wildman–Crippen MR) is 310 cm³/mol. The molecule has 0 aliphatic heterocycles. The van der Waals surface area contributed by atoms with Crippen molar-refractivity contribution in [1.82, 2.24) is 0 Å². The number of aryl methyl sites for hydroxylation is 3. The van der Waals surface area contributed by atoms with Crippen molar-refractivity contribution in [2.75, 3.05) is 7.11 Å². The molecule has 0 amide bonds. The highest BCUT2D eigenvalue weighted by Crippen LogP contribution is 2.48. The average Bonchev–Trinajstić information content (AvgIpc) is 4.24. The van der Waals surface area contributed by atoms with Crippen molar-refractivity contribution < 1.29 is 14.6 Å². The van der Waals surface area contributed by atoms with Crippen LogP contribution in [0.3, 0.4) is 0 Å². The summed E-state index contributed by atoms with van der Waals surface area (Å²) in [6.45, 7) is 6.76. The zero-order valence-electron chi connectivity index (χ0n) is 40.4. The fourth-order valence-electron chi connectivity index (χ4n) is 8.53. The van der Waals surface area contributed by atoms with E-state index < -0.39 is 5.60 Å². The Balaban J connectivity index is 0.000000190. The van der Waals surface area contributed by atoms with Crippen LogP contribution in [-0.2, 0) is 29.6 Å². The number of esters is 1. The number of aliphatic hydroxyl groups is 1. The summed E-state index contributed by atoms with van der Waals surface area (Å²) < 4.78 is 11.1. The first-order chi connectivity index (χ1) is 33.7. The van der Waals surface area contributed by atoms with Gasteiger partial charge < -0.3 is 9.84 Å². The Morgan fingerprint density at radius 2 is 0.928 bits per heavy atom. The number of hydrogen-bond donors (Lipinski definition) is 1. The van der Waals surface area contributed by atoms with Crippen molar-refractivity contribution in [3.8, 4) is 19.5 Å².